The van der Waals surface area contributed by atoms with Crippen LogP contribution in [0.1, 0.15) is 28.9 Å². The van der Waals surface area contributed by atoms with Gasteiger partial charge in [-0.25, -0.2) is 4.79 Å². The van der Waals surface area contributed by atoms with Crippen molar-refractivity contribution in [2.24, 2.45) is 0 Å². The van der Waals surface area contributed by atoms with Crippen molar-refractivity contribution in [1.29, 1.82) is 0 Å². The maximum atomic E-state index is 12.3. The van der Waals surface area contributed by atoms with E-state index in [1.165, 1.54) is 23.3 Å². The highest BCUT2D eigenvalue weighted by atomic mass is 32.1. The minimum Gasteiger partial charge on any atom is -0.495 e. The van der Waals surface area contributed by atoms with Crippen molar-refractivity contribution in [3.63, 3.8) is 0 Å². The van der Waals surface area contributed by atoms with Gasteiger partial charge >= 0.3 is 5.97 Å². The van der Waals surface area contributed by atoms with Crippen molar-refractivity contribution in [3.8, 4) is 5.75 Å². The summed E-state index contributed by atoms with van der Waals surface area (Å²) in [4.78, 5) is 25.4. The van der Waals surface area contributed by atoms with Crippen molar-refractivity contribution in [2.45, 2.75) is 25.3 Å². The molecular weight excluding hydrogens is 254 g/mol. The topological polar surface area (TPSA) is 66.8 Å². The van der Waals surface area contributed by atoms with Crippen molar-refractivity contribution in [1.82, 2.24) is 4.90 Å². The Morgan fingerprint density at radius 2 is 2.28 bits per heavy atom. The Balaban J connectivity index is 2.23. The van der Waals surface area contributed by atoms with Gasteiger partial charge in [0.05, 0.1) is 7.11 Å². The Morgan fingerprint density at radius 3 is 2.94 bits per heavy atom. The van der Waals surface area contributed by atoms with E-state index in [9.17, 15) is 9.59 Å². The van der Waals surface area contributed by atoms with Crippen LogP contribution in [0.4, 0.5) is 0 Å². The fraction of sp³-hybridized carbons (Fsp3) is 0.500. The fourth-order valence-corrected chi connectivity index (χ4v) is 2.99. The van der Waals surface area contributed by atoms with E-state index in [1.807, 2.05) is 0 Å². The second-order valence-electron chi connectivity index (χ2n) is 4.17. The van der Waals surface area contributed by atoms with Gasteiger partial charge in [0.25, 0.3) is 5.91 Å². The molecule has 1 saturated heterocycles. The second-order valence-corrected chi connectivity index (χ2v) is 5.08. The quantitative estimate of drug-likeness (QED) is 0.909. The number of methoxy groups -OCH3 is 1. The van der Waals surface area contributed by atoms with Crippen LogP contribution >= 0.6 is 11.3 Å². The molecule has 0 radical (unpaired) electrons. The number of hydrogen-bond acceptors (Lipinski definition) is 4. The maximum Gasteiger partial charge on any atom is 0.326 e. The van der Waals surface area contributed by atoms with Crippen LogP contribution in [0.3, 0.4) is 0 Å². The van der Waals surface area contributed by atoms with Gasteiger partial charge in [0.15, 0.2) is 0 Å². The third-order valence-electron chi connectivity index (χ3n) is 3.09. The molecule has 2 heterocycles. The summed E-state index contributed by atoms with van der Waals surface area (Å²) in [6, 6.07) is 1.01. The summed E-state index contributed by atoms with van der Waals surface area (Å²) < 4.78 is 5.11. The lowest BCUT2D eigenvalue weighted by Crippen LogP contribution is -2.47. The highest BCUT2D eigenvalue weighted by Crippen LogP contribution is 2.28. The van der Waals surface area contributed by atoms with Crippen molar-refractivity contribution < 1.29 is 19.4 Å². The van der Waals surface area contributed by atoms with Crippen LogP contribution in [0.2, 0.25) is 0 Å². The molecule has 1 aliphatic heterocycles. The van der Waals surface area contributed by atoms with Gasteiger partial charge in [-0.15, -0.1) is 11.3 Å². The first-order chi connectivity index (χ1) is 8.65. The Hall–Kier alpha value is -1.56. The number of nitrogens with zero attached hydrogens (tertiary/aromatic N) is 1. The van der Waals surface area contributed by atoms with Crippen molar-refractivity contribution >= 4 is 23.2 Å². The zero-order valence-electron chi connectivity index (χ0n) is 10.1. The minimum atomic E-state index is -0.932. The lowest BCUT2D eigenvalue weighted by Gasteiger charge is -2.32. The summed E-state index contributed by atoms with van der Waals surface area (Å²) in [5.74, 6) is -0.660. The van der Waals surface area contributed by atoms with E-state index in [0.29, 0.717) is 23.6 Å². The monoisotopic (exact) mass is 269 g/mol. The molecule has 0 bridgehead atoms. The molecule has 1 N–H and O–H groups in total. The zero-order valence-corrected chi connectivity index (χ0v) is 10.9. The van der Waals surface area contributed by atoms with E-state index >= 15 is 0 Å². The number of piperidine rings is 1. The first-order valence-corrected chi connectivity index (χ1v) is 6.68. The summed E-state index contributed by atoms with van der Waals surface area (Å²) in [5.41, 5.74) is 0. The standard InChI is InChI=1S/C12H15NO4S/c1-17-9-5-7-18-10(9)11(14)13-6-3-2-4-8(13)12(15)16/h5,7-8H,2-4,6H2,1H3,(H,15,16)/t8-/m0/s1. The van der Waals surface area contributed by atoms with E-state index in [4.69, 9.17) is 9.84 Å². The number of thiophene rings is 1. The molecular formula is C12H15NO4S. The van der Waals surface area contributed by atoms with E-state index in [2.05, 4.69) is 0 Å². The van der Waals surface area contributed by atoms with Crippen LogP contribution in [0, 0.1) is 0 Å². The average Bonchev–Trinajstić information content (AvgIpc) is 2.86. The van der Waals surface area contributed by atoms with Crippen LogP contribution in [0.25, 0.3) is 0 Å². The van der Waals surface area contributed by atoms with Gasteiger partial charge in [0, 0.05) is 6.54 Å². The molecule has 1 aromatic rings. The van der Waals surface area contributed by atoms with E-state index in [-0.39, 0.29) is 5.91 Å². The Labute approximate surface area is 109 Å². The van der Waals surface area contributed by atoms with Gasteiger partial charge in [-0.2, -0.15) is 0 Å². The van der Waals surface area contributed by atoms with Crippen LogP contribution in [-0.2, 0) is 4.79 Å². The first kappa shape index (κ1) is 12.9. The zero-order chi connectivity index (χ0) is 13.1. The summed E-state index contributed by atoms with van der Waals surface area (Å²) in [6.07, 6.45) is 2.22. The molecule has 98 valence electrons. The normalized spacial score (nSPS) is 19.6. The Bertz CT molecular complexity index is 457. The van der Waals surface area contributed by atoms with Crippen molar-refractivity contribution in [2.75, 3.05) is 13.7 Å². The molecule has 18 heavy (non-hydrogen) atoms. The number of likely N-dealkylation sites (tertiary alicyclic amines) is 1. The number of carboxylic acid groups (broad SMARTS) is 1. The molecule has 1 atom stereocenters. The molecule has 1 aliphatic rings. The maximum absolute atomic E-state index is 12.3. The van der Waals surface area contributed by atoms with E-state index < -0.39 is 12.0 Å². The molecule has 2 rings (SSSR count). The highest BCUT2D eigenvalue weighted by Gasteiger charge is 2.33. The average molecular weight is 269 g/mol. The lowest BCUT2D eigenvalue weighted by molar-refractivity contribution is -0.143. The number of ether oxygens (including phenoxy) is 1. The van der Waals surface area contributed by atoms with Crippen LogP contribution in [0.15, 0.2) is 11.4 Å². The van der Waals surface area contributed by atoms with Gasteiger partial charge in [-0.05, 0) is 30.7 Å². The molecule has 1 amide bonds. The van der Waals surface area contributed by atoms with Gasteiger partial charge < -0.3 is 14.7 Å². The summed E-state index contributed by atoms with van der Waals surface area (Å²) in [5, 5.41) is 10.9. The van der Waals surface area contributed by atoms with E-state index in [1.54, 1.807) is 11.4 Å². The Kier molecular flexibility index (Phi) is 3.86. The van der Waals surface area contributed by atoms with Crippen LogP contribution in [0.5, 0.6) is 5.75 Å². The van der Waals surface area contributed by atoms with Crippen LogP contribution < -0.4 is 4.74 Å². The number of carbonyl (C=O) groups excluding carboxylic acids is 1. The number of carbonyl (C=O) groups is 2. The van der Waals surface area contributed by atoms with E-state index in [0.717, 1.165) is 12.8 Å². The molecule has 6 heteroatoms. The summed E-state index contributed by atoms with van der Waals surface area (Å²) >= 11 is 1.28. The number of aliphatic carboxylic acids is 1. The fourth-order valence-electron chi connectivity index (χ4n) is 2.18. The highest BCUT2D eigenvalue weighted by molar-refractivity contribution is 7.12. The number of amides is 1. The van der Waals surface area contributed by atoms with Gasteiger partial charge in [0.2, 0.25) is 0 Å². The number of hydrogen-bond donors (Lipinski definition) is 1. The Morgan fingerprint density at radius 1 is 1.50 bits per heavy atom. The predicted molar refractivity (Wildman–Crippen MR) is 67.2 cm³/mol. The number of rotatable bonds is 3. The van der Waals surface area contributed by atoms with Gasteiger partial charge in [-0.3, -0.25) is 4.79 Å². The molecule has 1 aromatic heterocycles. The largest absolute Gasteiger partial charge is 0.495 e. The minimum absolute atomic E-state index is 0.242. The van der Waals surface area contributed by atoms with Gasteiger partial charge in [0.1, 0.15) is 16.7 Å². The third kappa shape index (κ3) is 2.33. The van der Waals surface area contributed by atoms with Crippen LogP contribution in [-0.4, -0.2) is 41.6 Å². The molecule has 0 aliphatic carbocycles. The lowest BCUT2D eigenvalue weighted by atomic mass is 10.0. The van der Waals surface area contributed by atoms with Gasteiger partial charge in [-0.1, -0.05) is 0 Å². The molecule has 0 spiro atoms. The molecule has 5 nitrogen and oxygen atoms in total. The predicted octanol–water partition coefficient (Wildman–Crippen LogP) is 1.84. The summed E-state index contributed by atoms with van der Waals surface area (Å²) in [7, 11) is 1.50. The summed E-state index contributed by atoms with van der Waals surface area (Å²) in [6.45, 7) is 0.497. The second kappa shape index (κ2) is 5.39. The molecule has 0 unspecified atom stereocenters. The SMILES string of the molecule is COc1ccsc1C(=O)N1CCCC[C@H]1C(=O)O. The number of carboxylic acids is 1. The third-order valence-corrected chi connectivity index (χ3v) is 3.98. The first-order valence-electron chi connectivity index (χ1n) is 5.80. The molecule has 1 fully saturated rings. The molecule has 0 saturated carbocycles. The smallest absolute Gasteiger partial charge is 0.326 e. The van der Waals surface area contributed by atoms with Crippen molar-refractivity contribution in [3.05, 3.63) is 16.3 Å². The molecule has 0 aromatic carbocycles.